The second-order valence-electron chi connectivity index (χ2n) is 6.60. The molecule has 4 rings (SSSR count). The van der Waals surface area contributed by atoms with Crippen LogP contribution in [-0.2, 0) is 0 Å². The van der Waals surface area contributed by atoms with Crippen molar-refractivity contribution in [2.45, 2.75) is 56.7 Å². The molecule has 1 aliphatic carbocycles. The molecule has 1 saturated heterocycles. The molecule has 2 aromatic rings. The molecule has 1 aliphatic heterocycles. The Hall–Kier alpha value is -1.61. The molecule has 3 nitrogen and oxygen atoms in total. The molecule has 110 valence electrons. The van der Waals surface area contributed by atoms with Crippen molar-refractivity contribution in [3.8, 4) is 0 Å². The molecule has 21 heavy (non-hydrogen) atoms. The van der Waals surface area contributed by atoms with Gasteiger partial charge in [0.2, 0.25) is 0 Å². The molecule has 1 saturated carbocycles. The van der Waals surface area contributed by atoms with Crippen LogP contribution in [0.2, 0.25) is 0 Å². The van der Waals surface area contributed by atoms with Crippen molar-refractivity contribution < 1.29 is 0 Å². The SMILES string of the molecule is CC1CCCC(c2cncn2C2CC2c2ccccc2)N1. The van der Waals surface area contributed by atoms with Gasteiger partial charge in [0.25, 0.3) is 0 Å². The molecule has 3 heteroatoms. The number of hydrogen-bond donors (Lipinski definition) is 1. The van der Waals surface area contributed by atoms with Crippen LogP contribution in [0.4, 0.5) is 0 Å². The maximum atomic E-state index is 4.43. The van der Waals surface area contributed by atoms with Crippen LogP contribution in [0.25, 0.3) is 0 Å². The highest BCUT2D eigenvalue weighted by atomic mass is 15.1. The van der Waals surface area contributed by atoms with Crippen molar-refractivity contribution >= 4 is 0 Å². The van der Waals surface area contributed by atoms with Gasteiger partial charge in [-0.3, -0.25) is 0 Å². The number of benzene rings is 1. The highest BCUT2D eigenvalue weighted by Crippen LogP contribution is 2.52. The third-order valence-electron chi connectivity index (χ3n) is 5.01. The van der Waals surface area contributed by atoms with Crippen LogP contribution in [0.5, 0.6) is 0 Å². The van der Waals surface area contributed by atoms with Gasteiger partial charge >= 0.3 is 0 Å². The Balaban J connectivity index is 1.54. The Morgan fingerprint density at radius 3 is 2.86 bits per heavy atom. The van der Waals surface area contributed by atoms with E-state index in [-0.39, 0.29) is 0 Å². The summed E-state index contributed by atoms with van der Waals surface area (Å²) >= 11 is 0. The summed E-state index contributed by atoms with van der Waals surface area (Å²) in [5.41, 5.74) is 2.84. The van der Waals surface area contributed by atoms with Crippen molar-refractivity contribution in [2.24, 2.45) is 0 Å². The summed E-state index contributed by atoms with van der Waals surface area (Å²) in [4.78, 5) is 4.43. The van der Waals surface area contributed by atoms with Crippen molar-refractivity contribution in [1.29, 1.82) is 0 Å². The van der Waals surface area contributed by atoms with E-state index in [1.165, 1.54) is 36.9 Å². The van der Waals surface area contributed by atoms with E-state index in [1.807, 2.05) is 6.33 Å². The Labute approximate surface area is 126 Å². The molecule has 4 unspecified atom stereocenters. The van der Waals surface area contributed by atoms with E-state index in [0.717, 1.165) is 0 Å². The highest BCUT2D eigenvalue weighted by Gasteiger charge is 2.41. The monoisotopic (exact) mass is 281 g/mol. The number of imidazole rings is 1. The first-order valence-corrected chi connectivity index (χ1v) is 8.15. The third-order valence-corrected chi connectivity index (χ3v) is 5.01. The minimum absolute atomic E-state index is 0.480. The molecule has 0 radical (unpaired) electrons. The predicted octanol–water partition coefficient (Wildman–Crippen LogP) is 3.81. The summed E-state index contributed by atoms with van der Waals surface area (Å²) in [6.45, 7) is 2.29. The molecule has 2 heterocycles. The first-order valence-electron chi connectivity index (χ1n) is 8.15. The first kappa shape index (κ1) is 13.1. The summed E-state index contributed by atoms with van der Waals surface area (Å²) < 4.78 is 2.42. The largest absolute Gasteiger partial charge is 0.329 e. The fourth-order valence-corrected chi connectivity index (χ4v) is 3.78. The van der Waals surface area contributed by atoms with E-state index in [2.05, 4.69) is 58.3 Å². The van der Waals surface area contributed by atoms with E-state index < -0.39 is 0 Å². The molecule has 1 aromatic heterocycles. The zero-order chi connectivity index (χ0) is 14.2. The van der Waals surface area contributed by atoms with Crippen LogP contribution in [0, 0.1) is 0 Å². The molecule has 4 atom stereocenters. The number of nitrogens with zero attached hydrogens (tertiary/aromatic N) is 2. The van der Waals surface area contributed by atoms with Crippen LogP contribution in [0.3, 0.4) is 0 Å². The molecule has 2 fully saturated rings. The number of rotatable bonds is 3. The second kappa shape index (κ2) is 5.30. The van der Waals surface area contributed by atoms with Crippen LogP contribution in [0.1, 0.15) is 61.9 Å². The predicted molar refractivity (Wildman–Crippen MR) is 84.3 cm³/mol. The first-order chi connectivity index (χ1) is 10.3. The van der Waals surface area contributed by atoms with Crippen molar-refractivity contribution in [1.82, 2.24) is 14.9 Å². The average Bonchev–Trinajstić information content (AvgIpc) is 3.16. The minimum atomic E-state index is 0.480. The molecule has 1 N–H and O–H groups in total. The number of hydrogen-bond acceptors (Lipinski definition) is 2. The number of nitrogens with one attached hydrogen (secondary N) is 1. The van der Waals surface area contributed by atoms with Gasteiger partial charge in [0, 0.05) is 30.2 Å². The average molecular weight is 281 g/mol. The van der Waals surface area contributed by atoms with E-state index in [4.69, 9.17) is 0 Å². The van der Waals surface area contributed by atoms with Crippen LogP contribution in [-0.4, -0.2) is 15.6 Å². The van der Waals surface area contributed by atoms with Gasteiger partial charge in [0.05, 0.1) is 12.0 Å². The Bertz CT molecular complexity index is 604. The van der Waals surface area contributed by atoms with Crippen molar-refractivity contribution in [3.63, 3.8) is 0 Å². The van der Waals surface area contributed by atoms with Gasteiger partial charge in [-0.05, 0) is 38.2 Å². The molecular weight excluding hydrogens is 258 g/mol. The molecular formula is C18H23N3. The Kier molecular flexibility index (Phi) is 3.30. The van der Waals surface area contributed by atoms with Gasteiger partial charge in [-0.1, -0.05) is 30.3 Å². The fourth-order valence-electron chi connectivity index (χ4n) is 3.78. The normalized spacial score (nSPS) is 32.0. The van der Waals surface area contributed by atoms with Crippen molar-refractivity contribution in [2.75, 3.05) is 0 Å². The zero-order valence-corrected chi connectivity index (χ0v) is 12.6. The number of aromatic nitrogens is 2. The zero-order valence-electron chi connectivity index (χ0n) is 12.6. The van der Waals surface area contributed by atoms with Crippen LogP contribution < -0.4 is 5.32 Å². The second-order valence-corrected chi connectivity index (χ2v) is 6.60. The van der Waals surface area contributed by atoms with Gasteiger partial charge in [0.1, 0.15) is 0 Å². The summed E-state index contributed by atoms with van der Waals surface area (Å²) in [6, 6.07) is 12.6. The molecule has 0 spiro atoms. The van der Waals surface area contributed by atoms with Gasteiger partial charge in [-0.25, -0.2) is 4.98 Å². The molecule has 1 aromatic carbocycles. The van der Waals surface area contributed by atoms with Crippen molar-refractivity contribution in [3.05, 3.63) is 54.1 Å². The van der Waals surface area contributed by atoms with E-state index >= 15 is 0 Å². The van der Waals surface area contributed by atoms with Gasteiger partial charge in [-0.15, -0.1) is 0 Å². The standard InChI is InChI=1S/C18H23N3/c1-13-6-5-9-16(20-13)18-11-19-12-21(18)17-10-15(17)14-7-3-2-4-8-14/h2-4,7-8,11-13,15-17,20H,5-6,9-10H2,1H3. The Morgan fingerprint density at radius 1 is 1.19 bits per heavy atom. The van der Waals surface area contributed by atoms with Gasteiger partial charge in [0.15, 0.2) is 0 Å². The lowest BCUT2D eigenvalue weighted by molar-refractivity contribution is 0.329. The maximum absolute atomic E-state index is 4.43. The Morgan fingerprint density at radius 2 is 2.05 bits per heavy atom. The topological polar surface area (TPSA) is 29.9 Å². The van der Waals surface area contributed by atoms with Crippen LogP contribution in [0.15, 0.2) is 42.9 Å². The summed E-state index contributed by atoms with van der Waals surface area (Å²) in [5.74, 6) is 0.667. The highest BCUT2D eigenvalue weighted by molar-refractivity contribution is 5.28. The summed E-state index contributed by atoms with van der Waals surface area (Å²) in [6.07, 6.45) is 9.19. The van der Waals surface area contributed by atoms with E-state index in [1.54, 1.807) is 0 Å². The molecule has 0 bridgehead atoms. The third kappa shape index (κ3) is 2.51. The maximum Gasteiger partial charge on any atom is 0.0951 e. The quantitative estimate of drug-likeness (QED) is 0.927. The lowest BCUT2D eigenvalue weighted by Gasteiger charge is -2.29. The molecule has 0 amide bonds. The van der Waals surface area contributed by atoms with E-state index in [9.17, 15) is 0 Å². The van der Waals surface area contributed by atoms with Gasteiger partial charge < -0.3 is 9.88 Å². The lowest BCUT2D eigenvalue weighted by atomic mass is 9.97. The summed E-state index contributed by atoms with van der Waals surface area (Å²) in [5, 5.41) is 3.74. The van der Waals surface area contributed by atoms with E-state index in [0.29, 0.717) is 24.0 Å². The lowest BCUT2D eigenvalue weighted by Crippen LogP contribution is -2.35. The van der Waals surface area contributed by atoms with Gasteiger partial charge in [-0.2, -0.15) is 0 Å². The fraction of sp³-hybridized carbons (Fsp3) is 0.500. The minimum Gasteiger partial charge on any atom is -0.329 e. The number of piperidine rings is 1. The van der Waals surface area contributed by atoms with Crippen LogP contribution >= 0.6 is 0 Å². The summed E-state index contributed by atoms with van der Waals surface area (Å²) in [7, 11) is 0. The molecule has 2 aliphatic rings. The smallest absolute Gasteiger partial charge is 0.0951 e.